The first-order valence-electron chi connectivity index (χ1n) is 11.8. The first-order valence-corrected chi connectivity index (χ1v) is 11.8. The predicted molar refractivity (Wildman–Crippen MR) is 117 cm³/mol. The molecule has 0 saturated heterocycles. The SMILES string of the molecule is CC=CCC[C@H]1CC[C@H](CCC=C[C@H]2CC[C@H](C=CCCC)CC2)CC1. The minimum absolute atomic E-state index is 0.869. The Bertz CT molecular complexity index is 411. The van der Waals surface area contributed by atoms with Crippen molar-refractivity contribution in [3.8, 4) is 0 Å². The van der Waals surface area contributed by atoms with E-state index in [1.165, 1.54) is 89.9 Å². The van der Waals surface area contributed by atoms with Gasteiger partial charge >= 0.3 is 0 Å². The maximum atomic E-state index is 2.56. The fraction of sp³-hybridized carbons (Fsp3) is 0.769. The van der Waals surface area contributed by atoms with Crippen molar-refractivity contribution in [3.63, 3.8) is 0 Å². The van der Waals surface area contributed by atoms with Crippen LogP contribution in [0.15, 0.2) is 36.5 Å². The third-order valence-corrected chi connectivity index (χ3v) is 6.77. The normalized spacial score (nSPS) is 30.7. The zero-order chi connectivity index (χ0) is 18.5. The lowest BCUT2D eigenvalue weighted by Gasteiger charge is -2.28. The van der Waals surface area contributed by atoms with Crippen molar-refractivity contribution in [2.24, 2.45) is 23.7 Å². The number of allylic oxidation sites excluding steroid dienone is 6. The molecule has 0 radical (unpaired) electrons. The van der Waals surface area contributed by atoms with E-state index >= 15 is 0 Å². The topological polar surface area (TPSA) is 0 Å². The van der Waals surface area contributed by atoms with Crippen LogP contribution in [0.4, 0.5) is 0 Å². The van der Waals surface area contributed by atoms with E-state index in [1.807, 2.05) is 0 Å². The minimum atomic E-state index is 0.869. The Morgan fingerprint density at radius 3 is 1.54 bits per heavy atom. The van der Waals surface area contributed by atoms with E-state index in [-0.39, 0.29) is 0 Å². The van der Waals surface area contributed by atoms with Crippen molar-refractivity contribution < 1.29 is 0 Å². The zero-order valence-electron chi connectivity index (χ0n) is 17.7. The summed E-state index contributed by atoms with van der Waals surface area (Å²) in [5.41, 5.74) is 0. The van der Waals surface area contributed by atoms with Crippen LogP contribution in [0.3, 0.4) is 0 Å². The van der Waals surface area contributed by atoms with Crippen LogP contribution in [0.1, 0.15) is 104 Å². The smallest absolute Gasteiger partial charge is 0.0233 e. The molecule has 2 aliphatic carbocycles. The maximum absolute atomic E-state index is 2.56. The van der Waals surface area contributed by atoms with E-state index < -0.39 is 0 Å². The average molecular weight is 357 g/mol. The highest BCUT2D eigenvalue weighted by Crippen LogP contribution is 2.34. The van der Waals surface area contributed by atoms with Crippen molar-refractivity contribution in [2.75, 3.05) is 0 Å². The van der Waals surface area contributed by atoms with Crippen molar-refractivity contribution in [1.29, 1.82) is 0 Å². The largest absolute Gasteiger partial charge is 0.0917 e. The second kappa shape index (κ2) is 13.4. The Kier molecular flexibility index (Phi) is 11.1. The van der Waals surface area contributed by atoms with Crippen LogP contribution in [0.2, 0.25) is 0 Å². The van der Waals surface area contributed by atoms with Crippen LogP contribution in [0.5, 0.6) is 0 Å². The van der Waals surface area contributed by atoms with E-state index in [4.69, 9.17) is 0 Å². The first-order chi connectivity index (χ1) is 12.8. The Balaban J connectivity index is 1.52. The van der Waals surface area contributed by atoms with Gasteiger partial charge in [-0.1, -0.05) is 75.5 Å². The molecule has 0 aliphatic heterocycles. The molecule has 0 spiro atoms. The van der Waals surface area contributed by atoms with Crippen LogP contribution >= 0.6 is 0 Å². The first kappa shape index (κ1) is 21.5. The Hall–Kier alpha value is -0.780. The molecule has 0 amide bonds. The molecular formula is C26H44. The van der Waals surface area contributed by atoms with E-state index in [9.17, 15) is 0 Å². The summed E-state index contributed by atoms with van der Waals surface area (Å²) < 4.78 is 0. The van der Waals surface area contributed by atoms with Gasteiger partial charge in [0.25, 0.3) is 0 Å². The van der Waals surface area contributed by atoms with Gasteiger partial charge < -0.3 is 0 Å². The van der Waals surface area contributed by atoms with Gasteiger partial charge in [-0.25, -0.2) is 0 Å². The van der Waals surface area contributed by atoms with Gasteiger partial charge in [-0.3, -0.25) is 0 Å². The van der Waals surface area contributed by atoms with Crippen LogP contribution in [0.25, 0.3) is 0 Å². The zero-order valence-corrected chi connectivity index (χ0v) is 17.7. The van der Waals surface area contributed by atoms with Gasteiger partial charge in [-0.05, 0) is 88.4 Å². The predicted octanol–water partition coefficient (Wildman–Crippen LogP) is 8.65. The van der Waals surface area contributed by atoms with Gasteiger partial charge in [0.1, 0.15) is 0 Å². The van der Waals surface area contributed by atoms with E-state index in [0.29, 0.717) is 0 Å². The van der Waals surface area contributed by atoms with E-state index in [0.717, 1.165) is 23.7 Å². The van der Waals surface area contributed by atoms with Crippen molar-refractivity contribution in [2.45, 2.75) is 104 Å². The molecule has 0 heteroatoms. The highest BCUT2D eigenvalue weighted by Gasteiger charge is 2.20. The van der Waals surface area contributed by atoms with Gasteiger partial charge in [0.05, 0.1) is 0 Å². The van der Waals surface area contributed by atoms with E-state index in [1.54, 1.807) is 0 Å². The lowest BCUT2D eigenvalue weighted by molar-refractivity contribution is 0.255. The van der Waals surface area contributed by atoms with Gasteiger partial charge in [-0.15, -0.1) is 0 Å². The molecule has 0 bridgehead atoms. The summed E-state index contributed by atoms with van der Waals surface area (Å²) in [6.45, 7) is 4.41. The fourth-order valence-corrected chi connectivity index (χ4v) is 4.91. The molecule has 0 aromatic heterocycles. The van der Waals surface area contributed by atoms with Gasteiger partial charge in [0.2, 0.25) is 0 Å². The molecule has 2 saturated carbocycles. The summed E-state index contributed by atoms with van der Waals surface area (Å²) in [6, 6.07) is 0. The monoisotopic (exact) mass is 356 g/mol. The van der Waals surface area contributed by atoms with Crippen LogP contribution in [0, 0.1) is 23.7 Å². The maximum Gasteiger partial charge on any atom is -0.0233 e. The summed E-state index contributed by atoms with van der Waals surface area (Å²) in [7, 11) is 0. The molecular weight excluding hydrogens is 312 g/mol. The summed E-state index contributed by atoms with van der Waals surface area (Å²) >= 11 is 0. The van der Waals surface area contributed by atoms with Crippen LogP contribution in [-0.2, 0) is 0 Å². The molecule has 2 rings (SSSR count). The third kappa shape index (κ3) is 8.74. The quantitative estimate of drug-likeness (QED) is 0.343. The van der Waals surface area contributed by atoms with Crippen molar-refractivity contribution >= 4 is 0 Å². The molecule has 0 nitrogen and oxygen atoms in total. The van der Waals surface area contributed by atoms with E-state index in [2.05, 4.69) is 50.3 Å². The second-order valence-electron chi connectivity index (χ2n) is 8.93. The lowest BCUT2D eigenvalue weighted by atomic mass is 9.78. The number of hydrogen-bond acceptors (Lipinski definition) is 0. The average Bonchev–Trinajstić information content (AvgIpc) is 2.68. The molecule has 0 unspecified atom stereocenters. The number of unbranched alkanes of at least 4 members (excludes halogenated alkanes) is 1. The number of hydrogen-bond donors (Lipinski definition) is 0. The van der Waals surface area contributed by atoms with Gasteiger partial charge in [0, 0.05) is 0 Å². The molecule has 0 heterocycles. The lowest BCUT2D eigenvalue weighted by Crippen LogP contribution is -2.14. The Morgan fingerprint density at radius 2 is 1.08 bits per heavy atom. The Morgan fingerprint density at radius 1 is 0.615 bits per heavy atom. The Labute approximate surface area is 164 Å². The molecule has 148 valence electrons. The minimum Gasteiger partial charge on any atom is -0.0917 e. The molecule has 26 heavy (non-hydrogen) atoms. The van der Waals surface area contributed by atoms with Gasteiger partial charge in [0.15, 0.2) is 0 Å². The van der Waals surface area contributed by atoms with Crippen molar-refractivity contribution in [1.82, 2.24) is 0 Å². The fourth-order valence-electron chi connectivity index (χ4n) is 4.91. The molecule has 0 N–H and O–H groups in total. The third-order valence-electron chi connectivity index (χ3n) is 6.77. The highest BCUT2D eigenvalue weighted by atomic mass is 14.3. The molecule has 2 aliphatic rings. The van der Waals surface area contributed by atoms with Crippen LogP contribution in [-0.4, -0.2) is 0 Å². The summed E-state index contributed by atoms with van der Waals surface area (Å²) in [4.78, 5) is 0. The molecule has 0 aromatic rings. The highest BCUT2D eigenvalue weighted by molar-refractivity contribution is 4.96. The summed E-state index contributed by atoms with van der Waals surface area (Å²) in [5, 5.41) is 0. The summed E-state index contributed by atoms with van der Waals surface area (Å²) in [6.07, 6.45) is 34.2. The molecule has 0 aromatic carbocycles. The van der Waals surface area contributed by atoms with Crippen LogP contribution < -0.4 is 0 Å². The standard InChI is InChI=1S/C26H44/c1-3-5-7-11-23-15-19-25(20-16-23)13-9-10-14-26-21-17-24(18-22-26)12-8-6-4-2/h3,5,8,10,12,14,23-26H,4,6-7,9,11,13,15-22H2,1-2H3/t23-,24-,25-,26-. The summed E-state index contributed by atoms with van der Waals surface area (Å²) in [5.74, 6) is 3.76. The van der Waals surface area contributed by atoms with Crippen molar-refractivity contribution in [3.05, 3.63) is 36.5 Å². The molecule has 0 atom stereocenters. The number of rotatable bonds is 10. The van der Waals surface area contributed by atoms with Gasteiger partial charge in [-0.2, -0.15) is 0 Å². The molecule has 2 fully saturated rings. The second-order valence-corrected chi connectivity index (χ2v) is 8.93.